The summed E-state index contributed by atoms with van der Waals surface area (Å²) < 4.78 is 7.00. The Morgan fingerprint density at radius 2 is 1.96 bits per heavy atom. The Labute approximate surface area is 164 Å². The second kappa shape index (κ2) is 8.69. The molecule has 2 heterocycles. The van der Waals surface area contributed by atoms with Gasteiger partial charge in [0.05, 0.1) is 12.2 Å². The molecular weight excluding hydrogens is 358 g/mol. The minimum Gasteiger partial charge on any atom is -0.463 e. The second-order valence-corrected chi connectivity index (χ2v) is 6.47. The van der Waals surface area contributed by atoms with Crippen molar-refractivity contribution in [3.05, 3.63) is 53.5 Å². The van der Waals surface area contributed by atoms with Crippen molar-refractivity contribution in [3.8, 4) is 0 Å². The van der Waals surface area contributed by atoms with Crippen LogP contribution in [0.4, 0.5) is 5.95 Å². The fraction of sp³-hybridized carbons (Fsp3) is 0.400. The molecule has 0 aliphatic carbocycles. The van der Waals surface area contributed by atoms with Gasteiger partial charge in [0.1, 0.15) is 18.9 Å². The van der Waals surface area contributed by atoms with E-state index >= 15 is 0 Å². The minimum absolute atomic E-state index is 0.0505. The first-order chi connectivity index (χ1) is 13.6. The van der Waals surface area contributed by atoms with Gasteiger partial charge in [-0.2, -0.15) is 10.1 Å². The van der Waals surface area contributed by atoms with Gasteiger partial charge in [-0.05, 0) is 25.8 Å². The van der Waals surface area contributed by atoms with Gasteiger partial charge in [-0.3, -0.25) is 4.79 Å². The predicted octanol–water partition coefficient (Wildman–Crippen LogP) is 2.05. The lowest BCUT2D eigenvalue weighted by molar-refractivity contribution is -0.139. The van der Waals surface area contributed by atoms with E-state index in [0.717, 1.165) is 12.0 Å². The van der Waals surface area contributed by atoms with Crippen LogP contribution in [0.25, 0.3) is 0 Å². The highest BCUT2D eigenvalue weighted by molar-refractivity contribution is 5.93. The van der Waals surface area contributed by atoms with Gasteiger partial charge in [-0.15, -0.1) is 0 Å². The van der Waals surface area contributed by atoms with Gasteiger partial charge in [0.15, 0.2) is 0 Å². The molecule has 1 aromatic heterocycles. The van der Waals surface area contributed by atoms with Gasteiger partial charge in [0.25, 0.3) is 0 Å². The summed E-state index contributed by atoms with van der Waals surface area (Å²) in [5.41, 5.74) is 1.99. The average molecular weight is 383 g/mol. The third-order valence-corrected chi connectivity index (χ3v) is 4.59. The minimum atomic E-state index is -0.465. The zero-order valence-corrected chi connectivity index (χ0v) is 16.4. The lowest BCUT2D eigenvalue weighted by atomic mass is 9.95. The number of hydrogen-bond donors (Lipinski definition) is 1. The second-order valence-electron chi connectivity index (χ2n) is 6.47. The summed E-state index contributed by atoms with van der Waals surface area (Å²) in [7, 11) is 0. The number of allylic oxidation sites excluding steroid dienone is 1. The molecule has 1 aliphatic rings. The highest BCUT2D eigenvalue weighted by Crippen LogP contribution is 2.38. The Bertz CT molecular complexity index is 875. The van der Waals surface area contributed by atoms with E-state index in [2.05, 4.69) is 15.4 Å². The van der Waals surface area contributed by atoms with Crippen molar-refractivity contribution in [1.82, 2.24) is 20.1 Å². The Morgan fingerprint density at radius 3 is 2.64 bits per heavy atom. The van der Waals surface area contributed by atoms with E-state index in [1.54, 1.807) is 16.5 Å². The molecule has 1 N–H and O–H groups in total. The molecule has 2 aromatic rings. The number of carbonyl (C=O) groups is 2. The molecular formula is C20H25N5O3. The summed E-state index contributed by atoms with van der Waals surface area (Å²) in [5.74, 6) is -0.0443. The van der Waals surface area contributed by atoms with Crippen molar-refractivity contribution in [2.45, 2.75) is 33.2 Å². The molecule has 0 radical (unpaired) electrons. The van der Waals surface area contributed by atoms with Crippen LogP contribution in [0.2, 0.25) is 0 Å². The zero-order chi connectivity index (χ0) is 20.1. The first-order valence-electron chi connectivity index (χ1n) is 9.45. The van der Waals surface area contributed by atoms with Crippen LogP contribution in [-0.4, -0.2) is 46.3 Å². The smallest absolute Gasteiger partial charge is 0.338 e. The Balaban J connectivity index is 2.07. The Kier molecular flexibility index (Phi) is 6.08. The highest BCUT2D eigenvalue weighted by Gasteiger charge is 2.38. The first-order valence-corrected chi connectivity index (χ1v) is 9.45. The van der Waals surface area contributed by atoms with Crippen LogP contribution >= 0.6 is 0 Å². The number of rotatable bonds is 7. The number of carbonyl (C=O) groups excluding carboxylic acids is 2. The molecule has 1 atom stereocenters. The maximum Gasteiger partial charge on any atom is 0.338 e. The normalized spacial score (nSPS) is 16.0. The number of aromatic nitrogens is 3. The monoisotopic (exact) mass is 383 g/mol. The maximum atomic E-state index is 12.9. The Morgan fingerprint density at radius 1 is 1.21 bits per heavy atom. The van der Waals surface area contributed by atoms with Gasteiger partial charge in [-0.25, -0.2) is 9.48 Å². The number of nitrogens with zero attached hydrogens (tertiary/aromatic N) is 4. The van der Waals surface area contributed by atoms with E-state index in [9.17, 15) is 9.59 Å². The van der Waals surface area contributed by atoms with Crippen LogP contribution in [0.1, 0.15) is 38.8 Å². The third-order valence-electron chi connectivity index (χ3n) is 4.59. The van der Waals surface area contributed by atoms with Crippen LogP contribution < -0.4 is 10.2 Å². The standard InChI is InChI=1S/C20H25N5O3/c1-4-11-21-16(26)12-24-14(3)17(19(27)28-5-2)18(15-9-7-6-8-10-15)25-20(24)22-13-23-25/h6-10,13,18H,4-5,11-12H2,1-3H3,(H,21,26). The van der Waals surface area contributed by atoms with Gasteiger partial charge in [0, 0.05) is 12.2 Å². The van der Waals surface area contributed by atoms with E-state index in [1.165, 1.54) is 6.33 Å². The molecule has 1 amide bonds. The van der Waals surface area contributed by atoms with Crippen molar-refractivity contribution >= 4 is 17.8 Å². The van der Waals surface area contributed by atoms with E-state index < -0.39 is 12.0 Å². The molecule has 0 fully saturated rings. The van der Waals surface area contributed by atoms with E-state index in [4.69, 9.17) is 4.74 Å². The van der Waals surface area contributed by atoms with Crippen LogP contribution in [0.15, 0.2) is 47.9 Å². The lowest BCUT2D eigenvalue weighted by Gasteiger charge is -2.35. The topological polar surface area (TPSA) is 89.4 Å². The van der Waals surface area contributed by atoms with Gasteiger partial charge >= 0.3 is 5.97 Å². The zero-order valence-electron chi connectivity index (χ0n) is 16.4. The van der Waals surface area contributed by atoms with Crippen molar-refractivity contribution in [3.63, 3.8) is 0 Å². The summed E-state index contributed by atoms with van der Waals surface area (Å²) in [6, 6.07) is 9.15. The summed E-state index contributed by atoms with van der Waals surface area (Å²) in [5, 5.41) is 7.21. The summed E-state index contributed by atoms with van der Waals surface area (Å²) in [6.45, 7) is 6.48. The molecule has 1 aliphatic heterocycles. The molecule has 0 spiro atoms. The third kappa shape index (κ3) is 3.76. The summed E-state index contributed by atoms with van der Waals surface area (Å²) in [4.78, 5) is 31.3. The number of esters is 1. The number of nitrogens with one attached hydrogen (secondary N) is 1. The fourth-order valence-corrected chi connectivity index (χ4v) is 3.30. The van der Waals surface area contributed by atoms with E-state index in [0.29, 0.717) is 23.8 Å². The molecule has 0 bridgehead atoms. The van der Waals surface area contributed by atoms with Crippen molar-refractivity contribution < 1.29 is 14.3 Å². The molecule has 1 unspecified atom stereocenters. The molecule has 3 rings (SSSR count). The molecule has 28 heavy (non-hydrogen) atoms. The van der Waals surface area contributed by atoms with Gasteiger partial charge < -0.3 is 15.0 Å². The van der Waals surface area contributed by atoms with Gasteiger partial charge in [0.2, 0.25) is 11.9 Å². The van der Waals surface area contributed by atoms with Crippen LogP contribution in [0.3, 0.4) is 0 Å². The quantitative estimate of drug-likeness (QED) is 0.736. The summed E-state index contributed by atoms with van der Waals surface area (Å²) in [6.07, 6.45) is 2.28. The number of hydrogen-bond acceptors (Lipinski definition) is 6. The summed E-state index contributed by atoms with van der Waals surface area (Å²) >= 11 is 0. The van der Waals surface area contributed by atoms with Crippen LogP contribution in [0, 0.1) is 0 Å². The number of ether oxygens (including phenoxy) is 1. The van der Waals surface area contributed by atoms with Crippen molar-refractivity contribution in [2.24, 2.45) is 0 Å². The number of benzene rings is 1. The van der Waals surface area contributed by atoms with Crippen molar-refractivity contribution in [2.75, 3.05) is 24.6 Å². The number of fused-ring (bicyclic) bond motifs is 1. The lowest BCUT2D eigenvalue weighted by Crippen LogP contribution is -2.42. The SMILES string of the molecule is CCCNC(=O)CN1C(C)=C(C(=O)OCC)C(c2ccccc2)n2ncnc21. The molecule has 0 saturated heterocycles. The number of amides is 1. The predicted molar refractivity (Wildman–Crippen MR) is 105 cm³/mol. The molecule has 8 heteroatoms. The van der Waals surface area contributed by atoms with Crippen LogP contribution in [0.5, 0.6) is 0 Å². The van der Waals surface area contributed by atoms with Gasteiger partial charge in [-0.1, -0.05) is 37.3 Å². The fourth-order valence-electron chi connectivity index (χ4n) is 3.30. The largest absolute Gasteiger partial charge is 0.463 e. The Hall–Kier alpha value is -3.16. The van der Waals surface area contributed by atoms with Crippen molar-refractivity contribution in [1.29, 1.82) is 0 Å². The highest BCUT2D eigenvalue weighted by atomic mass is 16.5. The first kappa shape index (κ1) is 19.6. The molecule has 1 aromatic carbocycles. The van der Waals surface area contributed by atoms with E-state index in [1.807, 2.05) is 44.2 Å². The van der Waals surface area contributed by atoms with E-state index in [-0.39, 0.29) is 19.1 Å². The molecule has 148 valence electrons. The maximum absolute atomic E-state index is 12.9. The number of anilines is 1. The molecule has 0 saturated carbocycles. The molecule has 8 nitrogen and oxygen atoms in total. The van der Waals surface area contributed by atoms with Crippen LogP contribution in [-0.2, 0) is 14.3 Å². The average Bonchev–Trinajstić information content (AvgIpc) is 3.18.